The average molecular weight is 340 g/mol. The first-order valence-corrected chi connectivity index (χ1v) is 8.86. The lowest BCUT2D eigenvalue weighted by Gasteiger charge is -2.24. The average Bonchev–Trinajstić information content (AvgIpc) is 3.01. The van der Waals surface area contributed by atoms with Crippen molar-refractivity contribution in [2.75, 3.05) is 30.8 Å². The Morgan fingerprint density at radius 2 is 1.87 bits per heavy atom. The lowest BCUT2D eigenvalue weighted by Crippen LogP contribution is -2.39. The molecule has 23 heavy (non-hydrogen) atoms. The van der Waals surface area contributed by atoms with E-state index in [2.05, 4.69) is 0 Å². The van der Waals surface area contributed by atoms with Gasteiger partial charge in [0.1, 0.15) is 0 Å². The highest BCUT2D eigenvalue weighted by atomic mass is 32.2. The second kappa shape index (κ2) is 4.85. The minimum atomic E-state index is -3.43. The van der Waals surface area contributed by atoms with Crippen molar-refractivity contribution in [1.82, 2.24) is 4.90 Å². The van der Waals surface area contributed by atoms with E-state index in [9.17, 15) is 23.1 Å². The maximum atomic E-state index is 11.8. The van der Waals surface area contributed by atoms with E-state index in [0.29, 0.717) is 24.2 Å². The number of likely N-dealkylation sites (tertiary alicyclic amines) is 1. The monoisotopic (exact) mass is 340 g/mol. The Balaban J connectivity index is 2.13. The number of amides is 2. The Labute approximate surface area is 132 Å². The molecule has 8 nitrogen and oxygen atoms in total. The van der Waals surface area contributed by atoms with Gasteiger partial charge in [-0.25, -0.2) is 18.0 Å². The maximum Gasteiger partial charge on any atom is 0.411 e. The molecule has 0 bridgehead atoms. The van der Waals surface area contributed by atoms with Crippen LogP contribution in [0.1, 0.15) is 12.0 Å². The van der Waals surface area contributed by atoms with E-state index in [1.165, 1.54) is 23.1 Å². The molecule has 124 valence electrons. The van der Waals surface area contributed by atoms with Crippen LogP contribution in [0.3, 0.4) is 0 Å². The fourth-order valence-corrected chi connectivity index (χ4v) is 4.08. The molecule has 1 fully saturated rings. The zero-order valence-electron chi connectivity index (χ0n) is 12.4. The molecule has 2 aliphatic rings. The molecule has 2 aliphatic heterocycles. The number of rotatable bonds is 1. The Morgan fingerprint density at radius 1 is 1.17 bits per heavy atom. The summed E-state index contributed by atoms with van der Waals surface area (Å²) in [6.45, 7) is 0.590. The molecular weight excluding hydrogens is 324 g/mol. The number of anilines is 1. The maximum absolute atomic E-state index is 11.8. The van der Waals surface area contributed by atoms with Crippen molar-refractivity contribution in [3.63, 3.8) is 0 Å². The molecule has 2 amide bonds. The molecule has 1 saturated heterocycles. The highest BCUT2D eigenvalue weighted by Crippen LogP contribution is 2.47. The molecule has 1 aromatic carbocycles. The lowest BCUT2D eigenvalue weighted by atomic mass is 9.81. The zero-order chi connectivity index (χ0) is 17.0. The molecule has 1 spiro atoms. The van der Waals surface area contributed by atoms with Crippen LogP contribution in [-0.4, -0.2) is 61.6 Å². The minimum Gasteiger partial charge on any atom is -0.465 e. The van der Waals surface area contributed by atoms with Crippen molar-refractivity contribution in [3.05, 3.63) is 23.8 Å². The summed E-state index contributed by atoms with van der Waals surface area (Å²) in [6.07, 6.45) is -0.646. The first-order valence-electron chi connectivity index (χ1n) is 6.97. The smallest absolute Gasteiger partial charge is 0.411 e. The fourth-order valence-electron chi connectivity index (χ4n) is 3.43. The topological polar surface area (TPSA) is 115 Å². The molecule has 2 heterocycles. The predicted octanol–water partition coefficient (Wildman–Crippen LogP) is 1.21. The van der Waals surface area contributed by atoms with Gasteiger partial charge in [0, 0.05) is 31.3 Å². The number of carboxylic acid groups (broad SMARTS) is 2. The van der Waals surface area contributed by atoms with E-state index in [1.54, 1.807) is 0 Å². The molecule has 1 aromatic rings. The van der Waals surface area contributed by atoms with Crippen molar-refractivity contribution in [2.24, 2.45) is 0 Å². The summed E-state index contributed by atoms with van der Waals surface area (Å²) in [6, 6.07) is 4.35. The van der Waals surface area contributed by atoms with E-state index in [-0.39, 0.29) is 18.0 Å². The van der Waals surface area contributed by atoms with E-state index >= 15 is 0 Å². The number of fused-ring (bicyclic) bond motifs is 2. The molecule has 1 atom stereocenters. The SMILES string of the molecule is CS(=O)(=O)c1ccc2c(c1)C1(CCN(C(=O)O)C1)CN2C(=O)O. The first kappa shape index (κ1) is 15.6. The normalized spacial score (nSPS) is 23.3. The van der Waals surface area contributed by atoms with E-state index < -0.39 is 27.4 Å². The second-order valence-electron chi connectivity index (χ2n) is 6.05. The van der Waals surface area contributed by atoms with Crippen LogP contribution < -0.4 is 4.90 Å². The standard InChI is InChI=1S/C14H16N2O6S/c1-23(21,22)9-2-3-11-10(6-9)14(8-16(11)13(19)20)4-5-15(7-14)12(17)18/h2-3,6H,4-5,7-8H2,1H3,(H,17,18)(H,19,20). The molecule has 1 unspecified atom stereocenters. The second-order valence-corrected chi connectivity index (χ2v) is 8.07. The minimum absolute atomic E-state index is 0.108. The predicted molar refractivity (Wildman–Crippen MR) is 80.8 cm³/mol. The Bertz CT molecular complexity index is 805. The zero-order valence-corrected chi connectivity index (χ0v) is 13.2. The number of nitrogens with zero attached hydrogens (tertiary/aromatic N) is 2. The third-order valence-electron chi connectivity index (χ3n) is 4.57. The Kier molecular flexibility index (Phi) is 3.29. The van der Waals surface area contributed by atoms with Crippen LogP contribution in [0.4, 0.5) is 15.3 Å². The molecular formula is C14H16N2O6S. The van der Waals surface area contributed by atoms with Gasteiger partial charge in [-0.05, 0) is 30.2 Å². The van der Waals surface area contributed by atoms with Crippen LogP contribution in [0.15, 0.2) is 23.1 Å². The Hall–Kier alpha value is -2.29. The third kappa shape index (κ3) is 2.40. The van der Waals surface area contributed by atoms with Gasteiger partial charge < -0.3 is 15.1 Å². The number of benzene rings is 1. The van der Waals surface area contributed by atoms with Crippen LogP contribution >= 0.6 is 0 Å². The number of hydrogen-bond acceptors (Lipinski definition) is 4. The number of sulfone groups is 1. The van der Waals surface area contributed by atoms with Gasteiger partial charge in [0.15, 0.2) is 9.84 Å². The summed E-state index contributed by atoms with van der Waals surface area (Å²) in [4.78, 5) is 25.2. The summed E-state index contributed by atoms with van der Waals surface area (Å²) in [5.41, 5.74) is 0.330. The van der Waals surface area contributed by atoms with E-state index in [1.807, 2.05) is 0 Å². The van der Waals surface area contributed by atoms with Crippen molar-refractivity contribution in [2.45, 2.75) is 16.7 Å². The first-order chi connectivity index (χ1) is 10.6. The van der Waals surface area contributed by atoms with Crippen LogP contribution in [0.2, 0.25) is 0 Å². The van der Waals surface area contributed by atoms with Crippen LogP contribution in [0, 0.1) is 0 Å². The van der Waals surface area contributed by atoms with Crippen molar-refractivity contribution < 1.29 is 28.2 Å². The summed E-state index contributed by atoms with van der Waals surface area (Å²) < 4.78 is 23.6. The van der Waals surface area contributed by atoms with Crippen molar-refractivity contribution in [3.8, 4) is 0 Å². The highest BCUT2D eigenvalue weighted by Gasteiger charge is 2.50. The number of carbonyl (C=O) groups is 2. The van der Waals surface area contributed by atoms with Crippen molar-refractivity contribution in [1.29, 1.82) is 0 Å². The molecule has 0 aromatic heterocycles. The van der Waals surface area contributed by atoms with Gasteiger partial charge in [-0.1, -0.05) is 0 Å². The Morgan fingerprint density at radius 3 is 2.39 bits per heavy atom. The summed E-state index contributed by atoms with van der Waals surface area (Å²) in [7, 11) is -3.43. The summed E-state index contributed by atoms with van der Waals surface area (Å²) >= 11 is 0. The van der Waals surface area contributed by atoms with Crippen LogP contribution in [-0.2, 0) is 15.3 Å². The van der Waals surface area contributed by atoms with Crippen LogP contribution in [0.5, 0.6) is 0 Å². The van der Waals surface area contributed by atoms with Gasteiger partial charge >= 0.3 is 12.2 Å². The molecule has 0 saturated carbocycles. The number of hydrogen-bond donors (Lipinski definition) is 2. The van der Waals surface area contributed by atoms with E-state index in [4.69, 9.17) is 5.11 Å². The lowest BCUT2D eigenvalue weighted by molar-refractivity contribution is 0.153. The van der Waals surface area contributed by atoms with Gasteiger partial charge in [0.25, 0.3) is 0 Å². The molecule has 0 radical (unpaired) electrons. The van der Waals surface area contributed by atoms with Gasteiger partial charge in [-0.2, -0.15) is 0 Å². The molecule has 9 heteroatoms. The molecule has 0 aliphatic carbocycles. The molecule has 2 N–H and O–H groups in total. The van der Waals surface area contributed by atoms with Gasteiger partial charge in [0.2, 0.25) is 0 Å². The van der Waals surface area contributed by atoms with Gasteiger partial charge in [-0.15, -0.1) is 0 Å². The summed E-state index contributed by atoms with van der Waals surface area (Å²) in [5.74, 6) is 0. The van der Waals surface area contributed by atoms with Crippen molar-refractivity contribution >= 4 is 27.7 Å². The summed E-state index contributed by atoms with van der Waals surface area (Å²) in [5, 5.41) is 18.5. The van der Waals surface area contributed by atoms with E-state index in [0.717, 1.165) is 11.2 Å². The fraction of sp³-hybridized carbons (Fsp3) is 0.429. The highest BCUT2D eigenvalue weighted by molar-refractivity contribution is 7.90. The van der Waals surface area contributed by atoms with Gasteiger partial charge in [-0.3, -0.25) is 4.90 Å². The molecule has 3 rings (SSSR count). The third-order valence-corrected chi connectivity index (χ3v) is 5.68. The quantitative estimate of drug-likeness (QED) is 0.794. The van der Waals surface area contributed by atoms with Crippen LogP contribution in [0.25, 0.3) is 0 Å². The largest absolute Gasteiger partial charge is 0.465 e. The van der Waals surface area contributed by atoms with Gasteiger partial charge in [0.05, 0.1) is 10.6 Å².